The Bertz CT molecular complexity index is 428. The minimum absolute atomic E-state index is 0.247. The van der Waals surface area contributed by atoms with E-state index in [2.05, 4.69) is 38.3 Å². The Labute approximate surface area is 129 Å². The fourth-order valence-corrected chi connectivity index (χ4v) is 3.63. The van der Waals surface area contributed by atoms with Crippen molar-refractivity contribution in [2.75, 3.05) is 7.11 Å². The fraction of sp³-hybridized carbons (Fsp3) is 0.667. The third kappa shape index (κ3) is 3.98. The average molecular weight is 290 g/mol. The molecule has 1 atom stereocenters. The first-order valence-corrected chi connectivity index (χ1v) is 8.05. The molecule has 1 aromatic rings. The highest BCUT2D eigenvalue weighted by Crippen LogP contribution is 2.43. The lowest BCUT2D eigenvalue weighted by Gasteiger charge is -2.39. The molecule has 2 rings (SSSR count). The van der Waals surface area contributed by atoms with E-state index < -0.39 is 0 Å². The van der Waals surface area contributed by atoms with E-state index in [4.69, 9.17) is 10.6 Å². The number of benzene rings is 1. The number of nitrogens with two attached hydrogens (primary N) is 1. The highest BCUT2D eigenvalue weighted by atomic mass is 16.5. The molecule has 3 N–H and O–H groups in total. The molecule has 0 bridgehead atoms. The lowest BCUT2D eigenvalue weighted by atomic mass is 9.68. The van der Waals surface area contributed by atoms with Crippen molar-refractivity contribution in [3.63, 3.8) is 0 Å². The van der Waals surface area contributed by atoms with E-state index in [1.165, 1.54) is 31.2 Å². The maximum atomic E-state index is 5.85. The Morgan fingerprint density at radius 1 is 1.10 bits per heavy atom. The summed E-state index contributed by atoms with van der Waals surface area (Å²) in [5.74, 6) is 8.20. The molecule has 3 heteroatoms. The molecular formula is C18H30N2O. The van der Waals surface area contributed by atoms with E-state index in [-0.39, 0.29) is 6.04 Å². The summed E-state index contributed by atoms with van der Waals surface area (Å²) in [5, 5.41) is 0. The molecule has 0 saturated heterocycles. The Morgan fingerprint density at radius 3 is 2.10 bits per heavy atom. The van der Waals surface area contributed by atoms with Gasteiger partial charge in [0, 0.05) is 6.04 Å². The zero-order valence-corrected chi connectivity index (χ0v) is 13.9. The molecular weight excluding hydrogens is 260 g/mol. The number of methoxy groups -OCH3 is 1. The molecule has 1 saturated carbocycles. The number of nitrogens with one attached hydrogen (secondary N) is 1. The van der Waals surface area contributed by atoms with Gasteiger partial charge in [-0.3, -0.25) is 11.3 Å². The molecule has 1 fully saturated rings. The summed E-state index contributed by atoms with van der Waals surface area (Å²) in [6.45, 7) is 7.08. The third-order valence-corrected chi connectivity index (χ3v) is 5.12. The topological polar surface area (TPSA) is 47.3 Å². The molecule has 0 amide bonds. The Hall–Kier alpha value is -1.06. The van der Waals surface area contributed by atoms with Crippen molar-refractivity contribution >= 4 is 0 Å². The molecule has 0 aliphatic heterocycles. The van der Waals surface area contributed by atoms with Gasteiger partial charge in [-0.2, -0.15) is 0 Å². The minimum Gasteiger partial charge on any atom is -0.497 e. The number of rotatable bonds is 4. The van der Waals surface area contributed by atoms with Crippen molar-refractivity contribution in [3.05, 3.63) is 29.8 Å². The summed E-state index contributed by atoms with van der Waals surface area (Å²) >= 11 is 0. The largest absolute Gasteiger partial charge is 0.497 e. The van der Waals surface area contributed by atoms with Crippen LogP contribution in [0.1, 0.15) is 58.1 Å². The normalized spacial score (nSPS) is 24.6. The van der Waals surface area contributed by atoms with Crippen LogP contribution in [0.3, 0.4) is 0 Å². The number of ether oxygens (including phenoxy) is 1. The number of hydrazine groups is 1. The second kappa shape index (κ2) is 6.80. The molecule has 0 radical (unpaired) electrons. The maximum Gasteiger partial charge on any atom is 0.118 e. The van der Waals surface area contributed by atoms with Crippen LogP contribution in [0.15, 0.2) is 24.3 Å². The third-order valence-electron chi connectivity index (χ3n) is 5.12. The first-order chi connectivity index (χ1) is 9.95. The second-order valence-corrected chi connectivity index (χ2v) is 7.40. The molecule has 1 unspecified atom stereocenters. The Morgan fingerprint density at radius 2 is 1.67 bits per heavy atom. The predicted octanol–water partition coefficient (Wildman–Crippen LogP) is 4.05. The molecule has 1 aliphatic rings. The molecule has 3 nitrogen and oxygen atoms in total. The summed E-state index contributed by atoms with van der Waals surface area (Å²) in [7, 11) is 1.70. The first kappa shape index (κ1) is 16.3. The van der Waals surface area contributed by atoms with Gasteiger partial charge in [0.25, 0.3) is 0 Å². The van der Waals surface area contributed by atoms with E-state index in [0.717, 1.165) is 11.7 Å². The van der Waals surface area contributed by atoms with E-state index in [1.807, 2.05) is 12.1 Å². The number of hydrogen-bond donors (Lipinski definition) is 2. The summed E-state index contributed by atoms with van der Waals surface area (Å²) < 4.78 is 5.23. The highest BCUT2D eigenvalue weighted by molar-refractivity contribution is 5.29. The Kier molecular flexibility index (Phi) is 5.28. The first-order valence-electron chi connectivity index (χ1n) is 8.05. The van der Waals surface area contributed by atoms with Gasteiger partial charge < -0.3 is 4.74 Å². The summed E-state index contributed by atoms with van der Waals surface area (Å²) in [4.78, 5) is 0. The van der Waals surface area contributed by atoms with Crippen molar-refractivity contribution < 1.29 is 4.74 Å². The van der Waals surface area contributed by atoms with Gasteiger partial charge in [-0.1, -0.05) is 32.9 Å². The van der Waals surface area contributed by atoms with Crippen molar-refractivity contribution in [2.24, 2.45) is 23.1 Å². The summed E-state index contributed by atoms with van der Waals surface area (Å²) in [6.07, 6.45) is 5.12. The van der Waals surface area contributed by atoms with E-state index in [9.17, 15) is 0 Å². The van der Waals surface area contributed by atoms with E-state index in [1.54, 1.807) is 7.11 Å². The van der Waals surface area contributed by atoms with Crippen molar-refractivity contribution in [1.82, 2.24) is 5.43 Å². The minimum atomic E-state index is 0.247. The lowest BCUT2D eigenvalue weighted by molar-refractivity contribution is 0.132. The van der Waals surface area contributed by atoms with Crippen LogP contribution in [-0.2, 0) is 0 Å². The molecule has 21 heavy (non-hydrogen) atoms. The van der Waals surface area contributed by atoms with E-state index in [0.29, 0.717) is 11.3 Å². The van der Waals surface area contributed by atoms with Gasteiger partial charge >= 0.3 is 0 Å². The van der Waals surface area contributed by atoms with Crippen LogP contribution in [0.5, 0.6) is 5.75 Å². The van der Waals surface area contributed by atoms with E-state index >= 15 is 0 Å². The highest BCUT2D eigenvalue weighted by Gasteiger charge is 2.33. The van der Waals surface area contributed by atoms with Crippen molar-refractivity contribution in [2.45, 2.75) is 52.5 Å². The van der Waals surface area contributed by atoms with Crippen molar-refractivity contribution in [1.29, 1.82) is 0 Å². The fourth-order valence-electron chi connectivity index (χ4n) is 3.63. The van der Waals surface area contributed by atoms with Gasteiger partial charge in [0.05, 0.1) is 7.11 Å². The summed E-state index contributed by atoms with van der Waals surface area (Å²) in [5.41, 5.74) is 4.73. The van der Waals surface area contributed by atoms with Gasteiger partial charge in [0.1, 0.15) is 5.75 Å². The van der Waals surface area contributed by atoms with Crippen LogP contribution in [0.25, 0.3) is 0 Å². The predicted molar refractivity (Wildman–Crippen MR) is 88.0 cm³/mol. The monoisotopic (exact) mass is 290 g/mol. The van der Waals surface area contributed by atoms with Gasteiger partial charge in [-0.15, -0.1) is 0 Å². The Balaban J connectivity index is 2.02. The lowest BCUT2D eigenvalue weighted by Crippen LogP contribution is -2.36. The van der Waals surface area contributed by atoms with Crippen molar-refractivity contribution in [3.8, 4) is 5.75 Å². The standard InChI is InChI=1S/C18H30N2O/c1-18(2,3)15-9-5-13(6-10-15)17(20-19)14-7-11-16(21-4)12-8-14/h7-8,11-13,15,17,20H,5-6,9-10,19H2,1-4H3. The van der Waals surface area contributed by atoms with Crippen LogP contribution in [0.4, 0.5) is 0 Å². The molecule has 118 valence electrons. The molecule has 1 aliphatic carbocycles. The average Bonchev–Trinajstić information content (AvgIpc) is 2.48. The molecule has 0 aromatic heterocycles. The van der Waals surface area contributed by atoms with Crippen LogP contribution < -0.4 is 16.0 Å². The summed E-state index contributed by atoms with van der Waals surface area (Å²) in [6, 6.07) is 8.52. The zero-order chi connectivity index (χ0) is 15.5. The van der Waals surface area contributed by atoms with Crippen LogP contribution >= 0.6 is 0 Å². The number of hydrogen-bond acceptors (Lipinski definition) is 3. The van der Waals surface area contributed by atoms with Crippen LogP contribution in [-0.4, -0.2) is 7.11 Å². The van der Waals surface area contributed by atoms with Gasteiger partial charge in [0.2, 0.25) is 0 Å². The SMILES string of the molecule is COc1ccc(C(NN)C2CCC(C(C)(C)C)CC2)cc1. The molecule has 0 spiro atoms. The van der Waals surface area contributed by atoms with Crippen LogP contribution in [0.2, 0.25) is 0 Å². The molecule has 1 aromatic carbocycles. The smallest absolute Gasteiger partial charge is 0.118 e. The maximum absolute atomic E-state index is 5.85. The zero-order valence-electron chi connectivity index (χ0n) is 13.9. The van der Waals surface area contributed by atoms with Gasteiger partial charge in [0.15, 0.2) is 0 Å². The second-order valence-electron chi connectivity index (χ2n) is 7.40. The van der Waals surface area contributed by atoms with Crippen LogP contribution in [0, 0.1) is 17.3 Å². The molecule has 0 heterocycles. The van der Waals surface area contributed by atoms with Gasteiger partial charge in [-0.25, -0.2) is 0 Å². The van der Waals surface area contributed by atoms with Gasteiger partial charge in [-0.05, 0) is 60.6 Å². The quantitative estimate of drug-likeness (QED) is 0.649.